The van der Waals surface area contributed by atoms with E-state index in [-0.39, 0.29) is 23.1 Å². The van der Waals surface area contributed by atoms with E-state index in [9.17, 15) is 27.1 Å². The van der Waals surface area contributed by atoms with Gasteiger partial charge >= 0.3 is 6.18 Å². The number of halogens is 5. The van der Waals surface area contributed by atoms with Gasteiger partial charge in [-0.3, -0.25) is 4.98 Å². The number of rotatable bonds is 1. The van der Waals surface area contributed by atoms with Crippen molar-refractivity contribution >= 4 is 16.6 Å². The van der Waals surface area contributed by atoms with Crippen molar-refractivity contribution in [3.63, 3.8) is 0 Å². The molecular weight excluding hydrogens is 307 g/mol. The van der Waals surface area contributed by atoms with Crippen LogP contribution in [-0.4, -0.2) is 35.0 Å². The highest BCUT2D eigenvalue weighted by molar-refractivity contribution is 5.92. The maximum Gasteiger partial charge on any atom is 0.418 e. The summed E-state index contributed by atoms with van der Waals surface area (Å²) in [7, 11) is 0. The molecule has 0 amide bonds. The number of nitrogens with zero attached hydrogens (tertiary/aromatic N) is 2. The first-order valence-corrected chi connectivity index (χ1v) is 6.49. The third kappa shape index (κ3) is 2.27. The molecule has 0 bridgehead atoms. The molecule has 1 aliphatic heterocycles. The first kappa shape index (κ1) is 15.0. The third-order valence-electron chi connectivity index (χ3n) is 3.86. The number of aliphatic hydroxyl groups is 1. The van der Waals surface area contributed by atoms with Crippen LogP contribution in [0, 0.1) is 11.6 Å². The Balaban J connectivity index is 2.06. The standard InChI is InChI=1S/C14H11F5N2O/c15-8-5-9-11(1-3-20-12(9)10(16)6-8)21-4-2-13(22,7-21)14(17,18)19/h1,3,5-6,22H,2,4,7H2/t13-/m0/s1. The maximum atomic E-state index is 13.7. The van der Waals surface area contributed by atoms with Crippen LogP contribution in [0.25, 0.3) is 10.9 Å². The lowest BCUT2D eigenvalue weighted by atomic mass is 10.0. The van der Waals surface area contributed by atoms with Gasteiger partial charge in [0.1, 0.15) is 11.3 Å². The summed E-state index contributed by atoms with van der Waals surface area (Å²) in [5, 5.41) is 9.79. The van der Waals surface area contributed by atoms with Crippen LogP contribution < -0.4 is 4.90 Å². The Morgan fingerprint density at radius 1 is 1.23 bits per heavy atom. The van der Waals surface area contributed by atoms with E-state index in [1.165, 1.54) is 17.2 Å². The smallest absolute Gasteiger partial charge is 0.379 e. The normalized spacial score (nSPS) is 22.5. The van der Waals surface area contributed by atoms with Crippen molar-refractivity contribution in [2.24, 2.45) is 0 Å². The van der Waals surface area contributed by atoms with Crippen molar-refractivity contribution in [2.45, 2.75) is 18.2 Å². The number of β-amino-alcohol motifs (C(OH)–C–C–N with tert-alkyl or cyclic N) is 1. The third-order valence-corrected chi connectivity index (χ3v) is 3.86. The van der Waals surface area contributed by atoms with E-state index in [0.29, 0.717) is 6.07 Å². The summed E-state index contributed by atoms with van der Waals surface area (Å²) in [6.45, 7) is -0.763. The second kappa shape index (κ2) is 4.77. The van der Waals surface area contributed by atoms with Crippen molar-refractivity contribution < 1.29 is 27.1 Å². The van der Waals surface area contributed by atoms with Crippen molar-refractivity contribution in [3.8, 4) is 0 Å². The number of benzene rings is 1. The van der Waals surface area contributed by atoms with E-state index in [1.807, 2.05) is 0 Å². The fourth-order valence-corrected chi connectivity index (χ4v) is 2.67. The van der Waals surface area contributed by atoms with Gasteiger partial charge < -0.3 is 10.0 Å². The molecule has 3 nitrogen and oxygen atoms in total. The van der Waals surface area contributed by atoms with Crippen LogP contribution in [0.5, 0.6) is 0 Å². The Morgan fingerprint density at radius 3 is 2.59 bits per heavy atom. The molecule has 1 aromatic heterocycles. The van der Waals surface area contributed by atoms with Crippen LogP contribution >= 0.6 is 0 Å². The van der Waals surface area contributed by atoms with Gasteiger partial charge in [0.05, 0.1) is 6.54 Å². The van der Waals surface area contributed by atoms with Gasteiger partial charge in [-0.1, -0.05) is 0 Å². The van der Waals surface area contributed by atoms with Gasteiger partial charge in [-0.25, -0.2) is 8.78 Å². The highest BCUT2D eigenvalue weighted by Crippen LogP contribution is 2.40. The molecule has 22 heavy (non-hydrogen) atoms. The number of alkyl halides is 3. The lowest BCUT2D eigenvalue weighted by Gasteiger charge is -2.27. The Bertz CT molecular complexity index is 733. The molecule has 0 unspecified atom stereocenters. The Kier molecular flexibility index (Phi) is 3.24. The second-order valence-electron chi connectivity index (χ2n) is 5.31. The summed E-state index contributed by atoms with van der Waals surface area (Å²) < 4.78 is 65.7. The van der Waals surface area contributed by atoms with Crippen molar-refractivity contribution in [3.05, 3.63) is 36.0 Å². The molecule has 118 valence electrons. The summed E-state index contributed by atoms with van der Waals surface area (Å²) in [4.78, 5) is 5.05. The Labute approximate surface area is 122 Å². The van der Waals surface area contributed by atoms with E-state index >= 15 is 0 Å². The fourth-order valence-electron chi connectivity index (χ4n) is 2.67. The van der Waals surface area contributed by atoms with Crippen molar-refractivity contribution in [1.29, 1.82) is 0 Å². The molecule has 1 aliphatic rings. The van der Waals surface area contributed by atoms with E-state index in [4.69, 9.17) is 0 Å². The van der Waals surface area contributed by atoms with Crippen LogP contribution in [-0.2, 0) is 0 Å². The van der Waals surface area contributed by atoms with Crippen LogP contribution in [0.15, 0.2) is 24.4 Å². The molecule has 1 saturated heterocycles. The number of aromatic nitrogens is 1. The zero-order valence-corrected chi connectivity index (χ0v) is 11.2. The average Bonchev–Trinajstić information content (AvgIpc) is 2.81. The van der Waals surface area contributed by atoms with Gasteiger partial charge in [-0.05, 0) is 12.1 Å². The lowest BCUT2D eigenvalue weighted by molar-refractivity contribution is -0.250. The van der Waals surface area contributed by atoms with E-state index < -0.39 is 36.4 Å². The van der Waals surface area contributed by atoms with Gasteiger partial charge in [-0.2, -0.15) is 13.2 Å². The minimum absolute atomic E-state index is 0.0754. The number of pyridine rings is 1. The average molecular weight is 318 g/mol. The van der Waals surface area contributed by atoms with Gasteiger partial charge in [0.2, 0.25) is 0 Å². The number of fused-ring (bicyclic) bond motifs is 1. The quantitative estimate of drug-likeness (QED) is 0.821. The van der Waals surface area contributed by atoms with Crippen molar-refractivity contribution in [1.82, 2.24) is 4.98 Å². The number of hydrogen-bond acceptors (Lipinski definition) is 3. The Morgan fingerprint density at radius 2 is 1.95 bits per heavy atom. The highest BCUT2D eigenvalue weighted by Gasteiger charge is 2.57. The van der Waals surface area contributed by atoms with Crippen LogP contribution in [0.1, 0.15) is 6.42 Å². The zero-order valence-electron chi connectivity index (χ0n) is 11.2. The molecule has 8 heteroatoms. The number of anilines is 1. The SMILES string of the molecule is O[C@@]1(C(F)(F)F)CCN(c2ccnc3c(F)cc(F)cc23)C1. The number of hydrogen-bond donors (Lipinski definition) is 1. The Hall–Kier alpha value is -1.96. The van der Waals surface area contributed by atoms with Crippen LogP contribution in [0.2, 0.25) is 0 Å². The molecule has 1 aromatic carbocycles. The second-order valence-corrected chi connectivity index (χ2v) is 5.31. The highest BCUT2D eigenvalue weighted by atomic mass is 19.4. The van der Waals surface area contributed by atoms with E-state index in [1.54, 1.807) is 0 Å². The molecule has 0 radical (unpaired) electrons. The predicted molar refractivity (Wildman–Crippen MR) is 69.5 cm³/mol. The van der Waals surface area contributed by atoms with Gasteiger partial charge in [-0.15, -0.1) is 0 Å². The molecule has 0 saturated carbocycles. The minimum Gasteiger partial charge on any atom is -0.379 e. The van der Waals surface area contributed by atoms with Gasteiger partial charge in [0.25, 0.3) is 0 Å². The summed E-state index contributed by atoms with van der Waals surface area (Å²) in [6.07, 6.45) is -4.02. The summed E-state index contributed by atoms with van der Waals surface area (Å²) in [6, 6.07) is 3.06. The molecule has 1 N–H and O–H groups in total. The van der Waals surface area contributed by atoms with Gasteiger partial charge in [0.15, 0.2) is 11.4 Å². The molecule has 0 spiro atoms. The molecular formula is C14H11F5N2O. The first-order chi connectivity index (χ1) is 10.2. The predicted octanol–water partition coefficient (Wildman–Crippen LogP) is 3.02. The van der Waals surface area contributed by atoms with E-state index in [2.05, 4.69) is 4.98 Å². The van der Waals surface area contributed by atoms with Crippen LogP contribution in [0.3, 0.4) is 0 Å². The summed E-state index contributed by atoms with van der Waals surface area (Å²) in [5.74, 6) is -1.73. The molecule has 2 aromatic rings. The van der Waals surface area contributed by atoms with E-state index in [0.717, 1.165) is 6.07 Å². The largest absolute Gasteiger partial charge is 0.418 e. The van der Waals surface area contributed by atoms with Gasteiger partial charge in [0, 0.05) is 36.3 Å². The molecule has 0 aliphatic carbocycles. The van der Waals surface area contributed by atoms with Crippen LogP contribution in [0.4, 0.5) is 27.6 Å². The summed E-state index contributed by atoms with van der Waals surface area (Å²) >= 11 is 0. The lowest BCUT2D eigenvalue weighted by Crippen LogP contribution is -2.47. The maximum absolute atomic E-state index is 13.7. The fraction of sp³-hybridized carbons (Fsp3) is 0.357. The summed E-state index contributed by atoms with van der Waals surface area (Å²) in [5.41, 5.74) is -2.74. The van der Waals surface area contributed by atoms with Crippen molar-refractivity contribution in [2.75, 3.05) is 18.0 Å². The molecule has 1 atom stereocenters. The zero-order chi connectivity index (χ0) is 16.1. The molecule has 3 rings (SSSR count). The first-order valence-electron chi connectivity index (χ1n) is 6.49. The molecule has 1 fully saturated rings. The molecule has 2 heterocycles. The minimum atomic E-state index is -4.76. The monoisotopic (exact) mass is 318 g/mol. The topological polar surface area (TPSA) is 36.4 Å².